The fourth-order valence-electron chi connectivity index (χ4n) is 1.74. The van der Waals surface area contributed by atoms with Crippen LogP contribution in [-0.4, -0.2) is 9.78 Å². The third-order valence-corrected chi connectivity index (χ3v) is 3.06. The Balaban J connectivity index is 2.70. The number of anilines is 1. The van der Waals surface area contributed by atoms with E-state index < -0.39 is 28.8 Å². The average Bonchev–Trinajstić information content (AvgIpc) is 2.35. The summed E-state index contributed by atoms with van der Waals surface area (Å²) in [6.45, 7) is 0. The van der Waals surface area contributed by atoms with Crippen molar-refractivity contribution in [1.29, 1.82) is 0 Å². The normalized spacial score (nSPS) is 11.7. The number of nitrogens with two attached hydrogens (primary N) is 1. The summed E-state index contributed by atoms with van der Waals surface area (Å²) in [5.41, 5.74) is 2.38. The van der Waals surface area contributed by atoms with Crippen LogP contribution in [0.1, 0.15) is 5.69 Å². The first kappa shape index (κ1) is 15.3. The molecule has 4 nitrogen and oxygen atoms in total. The topological polar surface area (TPSA) is 60.9 Å². The Bertz CT molecular complexity index is 770. The highest BCUT2D eigenvalue weighted by molar-refractivity contribution is 6.33. The van der Waals surface area contributed by atoms with Crippen LogP contribution in [-0.2, 0) is 13.2 Å². The van der Waals surface area contributed by atoms with Gasteiger partial charge in [-0.15, -0.1) is 0 Å². The fraction of sp³-hybridized carbons (Fsp3) is 0.167. The zero-order valence-corrected chi connectivity index (χ0v) is 11.3. The van der Waals surface area contributed by atoms with E-state index >= 15 is 0 Å². The van der Waals surface area contributed by atoms with Gasteiger partial charge in [-0.25, -0.2) is 4.39 Å². The van der Waals surface area contributed by atoms with Crippen molar-refractivity contribution in [2.45, 2.75) is 6.18 Å². The quantitative estimate of drug-likeness (QED) is 0.649. The van der Waals surface area contributed by atoms with Gasteiger partial charge in [-0.1, -0.05) is 11.6 Å². The van der Waals surface area contributed by atoms with Crippen molar-refractivity contribution < 1.29 is 17.6 Å². The standard InChI is InChI=1S/C12H8ClF4N3O/c1-20-10(12(15,16)17)4-9(21)11(19-20)5-2-8(18)6(13)3-7(5)14/h2-4H,18H2,1H3. The average molecular weight is 322 g/mol. The molecule has 0 saturated carbocycles. The van der Waals surface area contributed by atoms with E-state index in [4.69, 9.17) is 17.3 Å². The minimum absolute atomic E-state index is 0.0168. The van der Waals surface area contributed by atoms with Gasteiger partial charge in [0.05, 0.1) is 10.7 Å². The van der Waals surface area contributed by atoms with Crippen LogP contribution in [0, 0.1) is 5.82 Å². The summed E-state index contributed by atoms with van der Waals surface area (Å²) in [4.78, 5) is 11.8. The molecular formula is C12H8ClF4N3O. The molecule has 0 aliphatic carbocycles. The number of halogens is 5. The lowest BCUT2D eigenvalue weighted by molar-refractivity contribution is -0.144. The molecule has 0 aliphatic heterocycles. The number of benzene rings is 1. The van der Waals surface area contributed by atoms with E-state index in [9.17, 15) is 22.4 Å². The first-order valence-corrected chi connectivity index (χ1v) is 5.89. The Labute approximate surface area is 120 Å². The second-order valence-electron chi connectivity index (χ2n) is 4.22. The molecule has 0 saturated heterocycles. The molecule has 9 heteroatoms. The molecule has 0 bridgehead atoms. The molecule has 2 aromatic rings. The second kappa shape index (κ2) is 5.03. The molecule has 0 amide bonds. The molecule has 0 radical (unpaired) electrons. The molecular weight excluding hydrogens is 314 g/mol. The number of hydrogen-bond donors (Lipinski definition) is 1. The Morgan fingerprint density at radius 1 is 1.29 bits per heavy atom. The van der Waals surface area contributed by atoms with Gasteiger partial charge in [-0.3, -0.25) is 9.48 Å². The molecule has 1 heterocycles. The lowest BCUT2D eigenvalue weighted by Gasteiger charge is -2.12. The SMILES string of the molecule is Cn1nc(-c2cc(N)c(Cl)cc2F)c(=O)cc1C(F)(F)F. The van der Waals surface area contributed by atoms with E-state index in [1.54, 1.807) is 0 Å². The Morgan fingerprint density at radius 2 is 1.90 bits per heavy atom. The number of alkyl halides is 3. The summed E-state index contributed by atoms with van der Waals surface area (Å²) in [5.74, 6) is -0.904. The maximum absolute atomic E-state index is 13.8. The van der Waals surface area contributed by atoms with Crippen molar-refractivity contribution in [3.63, 3.8) is 0 Å². The van der Waals surface area contributed by atoms with E-state index in [1.165, 1.54) is 0 Å². The third-order valence-electron chi connectivity index (χ3n) is 2.73. The van der Waals surface area contributed by atoms with Gasteiger partial charge in [0, 0.05) is 18.7 Å². The minimum atomic E-state index is -4.74. The van der Waals surface area contributed by atoms with Crippen LogP contribution in [0.2, 0.25) is 5.02 Å². The van der Waals surface area contributed by atoms with E-state index in [0.29, 0.717) is 10.7 Å². The smallest absolute Gasteiger partial charge is 0.398 e. The van der Waals surface area contributed by atoms with Gasteiger partial charge in [-0.2, -0.15) is 18.3 Å². The van der Waals surface area contributed by atoms with Crippen LogP contribution >= 0.6 is 11.6 Å². The van der Waals surface area contributed by atoms with Gasteiger partial charge in [0.2, 0.25) is 5.43 Å². The monoisotopic (exact) mass is 321 g/mol. The maximum Gasteiger partial charge on any atom is 0.433 e. The van der Waals surface area contributed by atoms with Crippen LogP contribution in [0.5, 0.6) is 0 Å². The molecule has 2 N–H and O–H groups in total. The summed E-state index contributed by atoms with van der Waals surface area (Å²) >= 11 is 5.61. The number of hydrogen-bond acceptors (Lipinski definition) is 3. The zero-order valence-electron chi connectivity index (χ0n) is 10.5. The van der Waals surface area contributed by atoms with Crippen molar-refractivity contribution in [1.82, 2.24) is 9.78 Å². The van der Waals surface area contributed by atoms with Crippen LogP contribution in [0.3, 0.4) is 0 Å². The van der Waals surface area contributed by atoms with Crippen LogP contribution in [0.25, 0.3) is 11.3 Å². The summed E-state index contributed by atoms with van der Waals surface area (Å²) < 4.78 is 52.2. The van der Waals surface area contributed by atoms with Crippen LogP contribution in [0.15, 0.2) is 23.0 Å². The largest absolute Gasteiger partial charge is 0.433 e. The maximum atomic E-state index is 13.8. The first-order chi connectivity index (χ1) is 9.61. The highest BCUT2D eigenvalue weighted by Crippen LogP contribution is 2.30. The summed E-state index contributed by atoms with van der Waals surface area (Å²) in [7, 11) is 1.00. The summed E-state index contributed by atoms with van der Waals surface area (Å²) in [5, 5.41) is 3.42. The molecule has 1 aromatic heterocycles. The predicted molar refractivity (Wildman–Crippen MR) is 69.3 cm³/mol. The summed E-state index contributed by atoms with van der Waals surface area (Å²) in [6.07, 6.45) is -4.74. The molecule has 0 unspecified atom stereocenters. The molecule has 0 aliphatic rings. The Hall–Kier alpha value is -2.09. The highest BCUT2D eigenvalue weighted by atomic mass is 35.5. The molecule has 2 rings (SSSR count). The van der Waals surface area contributed by atoms with Gasteiger partial charge < -0.3 is 5.73 Å². The third kappa shape index (κ3) is 2.85. The number of aryl methyl sites for hydroxylation is 1. The molecule has 0 atom stereocenters. The van der Waals surface area contributed by atoms with Gasteiger partial charge in [0.25, 0.3) is 0 Å². The van der Waals surface area contributed by atoms with Gasteiger partial charge >= 0.3 is 6.18 Å². The molecule has 21 heavy (non-hydrogen) atoms. The minimum Gasteiger partial charge on any atom is -0.398 e. The molecule has 0 fully saturated rings. The lowest BCUT2D eigenvalue weighted by atomic mass is 10.1. The number of nitrogen functional groups attached to an aromatic ring is 1. The second-order valence-corrected chi connectivity index (χ2v) is 4.62. The Morgan fingerprint density at radius 3 is 2.48 bits per heavy atom. The van der Waals surface area contributed by atoms with Crippen LogP contribution in [0.4, 0.5) is 23.2 Å². The number of rotatable bonds is 1. The van der Waals surface area contributed by atoms with Gasteiger partial charge in [-0.05, 0) is 12.1 Å². The predicted octanol–water partition coefficient (Wildman–Crippen LogP) is 2.84. The van der Waals surface area contributed by atoms with Crippen molar-refractivity contribution in [3.05, 3.63) is 45.0 Å². The van der Waals surface area contributed by atoms with Crippen LogP contribution < -0.4 is 11.2 Å². The van der Waals surface area contributed by atoms with E-state index in [1.807, 2.05) is 0 Å². The zero-order chi connectivity index (χ0) is 15.9. The van der Waals surface area contributed by atoms with Crippen molar-refractivity contribution in [3.8, 4) is 11.3 Å². The van der Waals surface area contributed by atoms with Gasteiger partial charge in [0.1, 0.15) is 17.2 Å². The fourth-order valence-corrected chi connectivity index (χ4v) is 1.89. The number of nitrogens with zero attached hydrogens (tertiary/aromatic N) is 2. The molecule has 112 valence electrons. The van der Waals surface area contributed by atoms with E-state index in [0.717, 1.165) is 19.2 Å². The van der Waals surface area contributed by atoms with E-state index in [-0.39, 0.29) is 16.3 Å². The lowest BCUT2D eigenvalue weighted by Crippen LogP contribution is -2.22. The van der Waals surface area contributed by atoms with E-state index in [2.05, 4.69) is 5.10 Å². The van der Waals surface area contributed by atoms with Crippen molar-refractivity contribution >= 4 is 17.3 Å². The first-order valence-electron chi connectivity index (χ1n) is 5.51. The van der Waals surface area contributed by atoms with Crippen molar-refractivity contribution in [2.75, 3.05) is 5.73 Å². The Kier molecular flexibility index (Phi) is 3.66. The van der Waals surface area contributed by atoms with Crippen molar-refractivity contribution in [2.24, 2.45) is 7.05 Å². The number of aromatic nitrogens is 2. The molecule has 1 aromatic carbocycles. The molecule has 0 spiro atoms. The highest BCUT2D eigenvalue weighted by Gasteiger charge is 2.34. The summed E-state index contributed by atoms with van der Waals surface area (Å²) in [6, 6.07) is 2.27. The van der Waals surface area contributed by atoms with Gasteiger partial charge in [0.15, 0.2) is 0 Å².